The first kappa shape index (κ1) is 16.6. The minimum absolute atomic E-state index is 0.0687. The Morgan fingerprint density at radius 3 is 2.68 bits per heavy atom. The maximum absolute atomic E-state index is 11.8. The SMILES string of the molecule is CCNC(=O)c1ccc(CNc2ncccc2-c2nc(C)no2)cc1. The van der Waals surface area contributed by atoms with Crippen molar-refractivity contribution in [3.8, 4) is 11.5 Å². The highest BCUT2D eigenvalue weighted by Crippen LogP contribution is 2.24. The highest BCUT2D eigenvalue weighted by molar-refractivity contribution is 5.94. The summed E-state index contributed by atoms with van der Waals surface area (Å²) in [7, 11) is 0. The van der Waals surface area contributed by atoms with Crippen molar-refractivity contribution in [3.63, 3.8) is 0 Å². The quantitative estimate of drug-likeness (QED) is 0.718. The highest BCUT2D eigenvalue weighted by Gasteiger charge is 2.12. The molecule has 7 heteroatoms. The fraction of sp³-hybridized carbons (Fsp3) is 0.222. The Hall–Kier alpha value is -3.22. The topological polar surface area (TPSA) is 92.9 Å². The Balaban J connectivity index is 1.71. The fourth-order valence-corrected chi connectivity index (χ4v) is 2.35. The zero-order chi connectivity index (χ0) is 17.6. The summed E-state index contributed by atoms with van der Waals surface area (Å²) in [6.07, 6.45) is 1.70. The van der Waals surface area contributed by atoms with Gasteiger partial charge in [-0.2, -0.15) is 4.98 Å². The molecule has 2 N–H and O–H groups in total. The zero-order valence-electron chi connectivity index (χ0n) is 14.1. The van der Waals surface area contributed by atoms with Crippen molar-refractivity contribution in [2.45, 2.75) is 20.4 Å². The predicted molar refractivity (Wildman–Crippen MR) is 94.0 cm³/mol. The molecular weight excluding hydrogens is 318 g/mol. The molecule has 1 amide bonds. The van der Waals surface area contributed by atoms with Crippen molar-refractivity contribution in [2.75, 3.05) is 11.9 Å². The lowest BCUT2D eigenvalue weighted by Crippen LogP contribution is -2.22. The van der Waals surface area contributed by atoms with Crippen molar-refractivity contribution in [3.05, 3.63) is 59.5 Å². The largest absolute Gasteiger partial charge is 0.365 e. The molecule has 0 aliphatic rings. The Kier molecular flexibility index (Phi) is 5.03. The average molecular weight is 337 g/mol. The van der Waals surface area contributed by atoms with Gasteiger partial charge in [-0.15, -0.1) is 0 Å². The molecule has 0 radical (unpaired) electrons. The minimum Gasteiger partial charge on any atom is -0.365 e. The van der Waals surface area contributed by atoms with Crippen LogP contribution in [0.1, 0.15) is 28.7 Å². The fourth-order valence-electron chi connectivity index (χ4n) is 2.35. The number of carbonyl (C=O) groups is 1. The lowest BCUT2D eigenvalue weighted by molar-refractivity contribution is 0.0956. The molecule has 128 valence electrons. The molecule has 2 aromatic heterocycles. The number of hydrogen-bond donors (Lipinski definition) is 2. The number of carbonyl (C=O) groups excluding carboxylic acids is 1. The summed E-state index contributed by atoms with van der Waals surface area (Å²) in [5.74, 6) is 1.60. The molecule has 0 atom stereocenters. The Labute approximate surface area is 145 Å². The number of nitrogens with one attached hydrogen (secondary N) is 2. The van der Waals surface area contributed by atoms with E-state index in [-0.39, 0.29) is 5.91 Å². The molecule has 2 heterocycles. The van der Waals surface area contributed by atoms with Crippen molar-refractivity contribution in [1.82, 2.24) is 20.4 Å². The molecule has 0 saturated carbocycles. The maximum atomic E-state index is 11.8. The van der Waals surface area contributed by atoms with Crippen LogP contribution in [0, 0.1) is 6.92 Å². The number of hydrogen-bond acceptors (Lipinski definition) is 6. The molecule has 0 fully saturated rings. The molecule has 3 rings (SSSR count). The highest BCUT2D eigenvalue weighted by atomic mass is 16.5. The summed E-state index contributed by atoms with van der Waals surface area (Å²) < 4.78 is 5.22. The summed E-state index contributed by atoms with van der Waals surface area (Å²) in [5.41, 5.74) is 2.43. The van der Waals surface area contributed by atoms with Gasteiger partial charge in [-0.25, -0.2) is 4.98 Å². The van der Waals surface area contributed by atoms with Gasteiger partial charge in [0.1, 0.15) is 5.82 Å². The molecule has 0 saturated heterocycles. The van der Waals surface area contributed by atoms with Crippen LogP contribution in [0.15, 0.2) is 47.1 Å². The standard InChI is InChI=1S/C18H19N5O2/c1-3-19-17(24)14-8-6-13(7-9-14)11-21-16-15(5-4-10-20-16)18-22-12(2)23-25-18/h4-10H,3,11H2,1-2H3,(H,19,24)(H,20,21). The van der Waals surface area contributed by atoms with Crippen LogP contribution in [0.2, 0.25) is 0 Å². The number of nitrogens with zero attached hydrogens (tertiary/aromatic N) is 3. The third-order valence-electron chi connectivity index (χ3n) is 3.58. The van der Waals surface area contributed by atoms with Crippen LogP contribution >= 0.6 is 0 Å². The van der Waals surface area contributed by atoms with Gasteiger partial charge >= 0.3 is 0 Å². The summed E-state index contributed by atoms with van der Waals surface area (Å²) in [6, 6.07) is 11.1. The van der Waals surface area contributed by atoms with Crippen molar-refractivity contribution in [2.24, 2.45) is 0 Å². The molecule has 0 unspecified atom stereocenters. The summed E-state index contributed by atoms with van der Waals surface area (Å²) in [6.45, 7) is 4.84. The van der Waals surface area contributed by atoms with Crippen LogP contribution in [0.25, 0.3) is 11.5 Å². The summed E-state index contributed by atoms with van der Waals surface area (Å²) in [5, 5.41) is 9.86. The van der Waals surface area contributed by atoms with E-state index in [4.69, 9.17) is 4.52 Å². The van der Waals surface area contributed by atoms with Crippen LogP contribution in [0.3, 0.4) is 0 Å². The third-order valence-corrected chi connectivity index (χ3v) is 3.58. The van der Waals surface area contributed by atoms with Crippen LogP contribution in [0.5, 0.6) is 0 Å². The lowest BCUT2D eigenvalue weighted by atomic mass is 10.1. The first-order valence-corrected chi connectivity index (χ1v) is 8.04. The second-order valence-electron chi connectivity index (χ2n) is 5.46. The summed E-state index contributed by atoms with van der Waals surface area (Å²) >= 11 is 0. The number of rotatable bonds is 6. The molecule has 25 heavy (non-hydrogen) atoms. The van der Waals surface area contributed by atoms with Gasteiger partial charge in [-0.05, 0) is 43.7 Å². The molecule has 0 bridgehead atoms. The van der Waals surface area contributed by atoms with E-state index in [0.29, 0.717) is 36.2 Å². The molecule has 0 aliphatic carbocycles. The normalized spacial score (nSPS) is 10.5. The van der Waals surface area contributed by atoms with E-state index >= 15 is 0 Å². The monoisotopic (exact) mass is 337 g/mol. The average Bonchev–Trinajstić information content (AvgIpc) is 3.07. The molecule has 1 aromatic carbocycles. The van der Waals surface area contributed by atoms with E-state index < -0.39 is 0 Å². The molecule has 7 nitrogen and oxygen atoms in total. The molecule has 0 aliphatic heterocycles. The van der Waals surface area contributed by atoms with E-state index in [1.165, 1.54) is 0 Å². The first-order chi connectivity index (χ1) is 12.2. The van der Waals surface area contributed by atoms with Gasteiger partial charge in [0.2, 0.25) is 0 Å². The van der Waals surface area contributed by atoms with Gasteiger partial charge in [-0.3, -0.25) is 4.79 Å². The number of benzene rings is 1. The second kappa shape index (κ2) is 7.57. The maximum Gasteiger partial charge on any atom is 0.261 e. The van der Waals surface area contributed by atoms with Gasteiger partial charge in [0, 0.05) is 24.8 Å². The van der Waals surface area contributed by atoms with Crippen LogP contribution in [0.4, 0.5) is 5.82 Å². The van der Waals surface area contributed by atoms with Crippen molar-refractivity contribution in [1.29, 1.82) is 0 Å². The van der Waals surface area contributed by atoms with Gasteiger partial charge in [0.25, 0.3) is 11.8 Å². The number of amides is 1. The first-order valence-electron chi connectivity index (χ1n) is 8.04. The Morgan fingerprint density at radius 2 is 2.00 bits per heavy atom. The smallest absolute Gasteiger partial charge is 0.261 e. The van der Waals surface area contributed by atoms with Crippen LogP contribution < -0.4 is 10.6 Å². The minimum atomic E-state index is -0.0687. The van der Waals surface area contributed by atoms with Crippen molar-refractivity contribution < 1.29 is 9.32 Å². The predicted octanol–water partition coefficient (Wildman–Crippen LogP) is 2.80. The molecular formula is C18H19N5O2. The zero-order valence-corrected chi connectivity index (χ0v) is 14.1. The van der Waals surface area contributed by atoms with E-state index in [1.54, 1.807) is 13.1 Å². The molecule has 0 spiro atoms. The van der Waals surface area contributed by atoms with Crippen LogP contribution in [-0.4, -0.2) is 27.6 Å². The van der Waals surface area contributed by atoms with E-state index in [2.05, 4.69) is 25.8 Å². The number of aromatic nitrogens is 3. The number of aryl methyl sites for hydroxylation is 1. The second-order valence-corrected chi connectivity index (χ2v) is 5.46. The van der Waals surface area contributed by atoms with E-state index in [9.17, 15) is 4.79 Å². The molecule has 3 aromatic rings. The number of anilines is 1. The van der Waals surface area contributed by atoms with Crippen LogP contribution in [-0.2, 0) is 6.54 Å². The van der Waals surface area contributed by atoms with E-state index in [0.717, 1.165) is 11.1 Å². The Bertz CT molecular complexity index is 858. The van der Waals surface area contributed by atoms with Gasteiger partial charge in [-0.1, -0.05) is 17.3 Å². The Morgan fingerprint density at radius 1 is 1.20 bits per heavy atom. The number of pyridine rings is 1. The lowest BCUT2D eigenvalue weighted by Gasteiger charge is -2.09. The van der Waals surface area contributed by atoms with Gasteiger partial charge < -0.3 is 15.2 Å². The van der Waals surface area contributed by atoms with Crippen molar-refractivity contribution >= 4 is 11.7 Å². The van der Waals surface area contributed by atoms with Gasteiger partial charge in [0.15, 0.2) is 5.82 Å². The summed E-state index contributed by atoms with van der Waals surface area (Å²) in [4.78, 5) is 20.4. The van der Waals surface area contributed by atoms with E-state index in [1.807, 2.05) is 43.3 Å². The van der Waals surface area contributed by atoms with Gasteiger partial charge in [0.05, 0.1) is 5.56 Å². The third kappa shape index (κ3) is 4.00.